The minimum atomic E-state index is -5.05. The number of aliphatic hydroxyl groups is 3. The van der Waals surface area contributed by atoms with Gasteiger partial charge >= 0.3 is 27.4 Å². The van der Waals surface area contributed by atoms with Crippen LogP contribution in [-0.2, 0) is 125 Å². The number of primary amides is 1. The highest BCUT2D eigenvalue weighted by Crippen LogP contribution is 2.50. The molecule has 2 aromatic carbocycles. The molecule has 3 aliphatic rings. The van der Waals surface area contributed by atoms with Crippen LogP contribution < -0.4 is 58.9 Å². The second-order valence-electron chi connectivity index (χ2n) is 35.2. The minimum Gasteiger partial charge on any atom is -0.455 e. The number of rotatable bonds is 63. The van der Waals surface area contributed by atoms with Crippen molar-refractivity contribution in [2.45, 2.75) is 231 Å². The Balaban J connectivity index is 1.18. The number of nitrogens with two attached hydrogens (primary N) is 1. The van der Waals surface area contributed by atoms with Crippen LogP contribution in [0.1, 0.15) is 144 Å². The Morgan fingerprint density at radius 3 is 1.78 bits per heavy atom. The van der Waals surface area contributed by atoms with E-state index in [-0.39, 0.29) is 126 Å². The second-order valence-corrected chi connectivity index (χ2v) is 38.4. The van der Waals surface area contributed by atoms with E-state index in [1.54, 1.807) is 61.0 Å². The second kappa shape index (κ2) is 59.0. The molecule has 0 aliphatic carbocycles. The molecule has 2 aromatic rings. The first kappa shape index (κ1) is 119. The highest BCUT2D eigenvalue weighted by molar-refractivity contribution is 7.51. The number of likely N-dealkylation sites (N-methyl/N-ethyl adjacent to an activating group) is 2. The Morgan fingerprint density at radius 2 is 1.22 bits per heavy atom. The zero-order valence-corrected chi connectivity index (χ0v) is 82.8. The number of urea groups is 1. The maximum absolute atomic E-state index is 14.7. The smallest absolute Gasteiger partial charge is 0.455 e. The molecule has 0 bridgehead atoms. The monoisotopic (exact) mass is 2000 g/mol. The Bertz CT molecular complexity index is 4430. The number of cyclic esters (lactones) is 1. The van der Waals surface area contributed by atoms with Crippen molar-refractivity contribution < 1.29 is 153 Å². The van der Waals surface area contributed by atoms with E-state index in [2.05, 4.69) is 53.2 Å². The molecule has 15 amide bonds. The number of hydrogen-bond acceptors (Lipinski definition) is 30. The van der Waals surface area contributed by atoms with Crippen LogP contribution in [0.15, 0.2) is 66.7 Å². The van der Waals surface area contributed by atoms with Crippen molar-refractivity contribution in [3.05, 3.63) is 77.9 Å². The zero-order valence-electron chi connectivity index (χ0n) is 81.0. The summed E-state index contributed by atoms with van der Waals surface area (Å²) in [6, 6.07) is 1.41. The number of esters is 1. The predicted molar refractivity (Wildman–Crippen MR) is 496 cm³/mol. The number of amides is 15. The Labute approximate surface area is 803 Å². The lowest BCUT2D eigenvalue weighted by atomic mass is 9.89. The van der Waals surface area contributed by atoms with E-state index in [0.717, 1.165) is 12.2 Å². The number of hydrogen-bond donors (Lipinski definition) is 17. The van der Waals surface area contributed by atoms with Gasteiger partial charge in [0, 0.05) is 78.1 Å². The van der Waals surface area contributed by atoms with Gasteiger partial charge < -0.3 is 132 Å². The lowest BCUT2D eigenvalue weighted by molar-refractivity contribution is -0.190. The lowest BCUT2D eigenvalue weighted by Crippen LogP contribution is -2.63. The van der Waals surface area contributed by atoms with Crippen LogP contribution in [0.5, 0.6) is 0 Å². The zero-order chi connectivity index (χ0) is 103. The van der Waals surface area contributed by atoms with E-state index in [1.807, 2.05) is 60.5 Å². The number of methoxy groups -OCH3 is 2. The van der Waals surface area contributed by atoms with E-state index in [1.165, 1.54) is 52.3 Å². The molecule has 3 aliphatic heterocycles. The third-order valence-corrected chi connectivity index (χ3v) is 25.2. The van der Waals surface area contributed by atoms with Crippen LogP contribution in [0.2, 0.25) is 0 Å². The molecule has 3 heterocycles. The normalized spacial score (nSPS) is 19.4. The first-order valence-electron chi connectivity index (χ1n) is 46.0. The number of anilines is 1. The molecule has 0 aromatic heterocycles. The van der Waals surface area contributed by atoms with Gasteiger partial charge in [0.05, 0.1) is 127 Å². The number of carbonyl (C=O) groups is 15. The van der Waals surface area contributed by atoms with Gasteiger partial charge in [-0.2, -0.15) is 0 Å². The largest absolute Gasteiger partial charge is 0.473 e. The van der Waals surface area contributed by atoms with Gasteiger partial charge in [-0.25, -0.2) is 14.2 Å². The van der Waals surface area contributed by atoms with Crippen molar-refractivity contribution in [3.63, 3.8) is 0 Å². The van der Waals surface area contributed by atoms with E-state index in [9.17, 15) is 101 Å². The summed E-state index contributed by atoms with van der Waals surface area (Å²) in [7, 11) is -1.33. The summed E-state index contributed by atoms with van der Waals surface area (Å²) in [6.45, 7) is 16.0. The van der Waals surface area contributed by atoms with Gasteiger partial charge in [-0.3, -0.25) is 85.7 Å². The average molecular weight is 2000 g/mol. The molecular weight excluding hydrogens is 1850 g/mol. The molecule has 47 nitrogen and oxygen atoms in total. The molecule has 2 fully saturated rings. The number of phosphoric ester groups is 1. The first-order valence-corrected chi connectivity index (χ1v) is 49.2. The number of carbonyl (C=O) groups excluding carboxylic acids is 15. The number of benzene rings is 2. The summed E-state index contributed by atoms with van der Waals surface area (Å²) in [5.41, 5.74) is 6.13. The van der Waals surface area contributed by atoms with Gasteiger partial charge in [0.2, 0.25) is 65.0 Å². The average Bonchev–Trinajstić information content (AvgIpc) is 1.58. The molecule has 5 unspecified atom stereocenters. The number of nitrogens with one attached hydrogen (secondary N) is 10. The summed E-state index contributed by atoms with van der Waals surface area (Å²) in [5, 5.41) is 56.3. The van der Waals surface area contributed by atoms with Crippen LogP contribution in [0.25, 0.3) is 0 Å². The first-order chi connectivity index (χ1) is 65.1. The van der Waals surface area contributed by atoms with Crippen molar-refractivity contribution in [3.8, 4) is 0 Å². The molecular formula is C89H143N15O32P2. The molecule has 19 atom stereocenters. The van der Waals surface area contributed by atoms with Crippen LogP contribution in [0, 0.1) is 29.6 Å². The maximum atomic E-state index is 14.7. The molecule has 138 heavy (non-hydrogen) atoms. The Morgan fingerprint density at radius 1 is 0.623 bits per heavy atom. The van der Waals surface area contributed by atoms with Gasteiger partial charge in [0.15, 0.2) is 12.1 Å². The third-order valence-electron chi connectivity index (χ3n) is 23.5. The molecule has 18 N–H and O–H groups in total. The Kier molecular flexibility index (Phi) is 50.7. The molecule has 5 rings (SSSR count). The predicted octanol–water partition coefficient (Wildman–Crippen LogP) is -1.22. The van der Waals surface area contributed by atoms with Crippen molar-refractivity contribution in [1.82, 2.24) is 67.5 Å². The fourth-order valence-corrected chi connectivity index (χ4v) is 17.4. The van der Waals surface area contributed by atoms with Crippen LogP contribution in [-0.4, -0.2) is 356 Å². The van der Waals surface area contributed by atoms with E-state index in [4.69, 9.17) is 57.7 Å². The summed E-state index contributed by atoms with van der Waals surface area (Å²) >= 11 is 0. The van der Waals surface area contributed by atoms with Gasteiger partial charge in [-0.1, -0.05) is 111 Å². The number of imide groups is 1. The molecule has 2 saturated heterocycles. The van der Waals surface area contributed by atoms with E-state index < -0.39 is 241 Å². The maximum Gasteiger partial charge on any atom is 0.473 e. The topological polar surface area (TPSA) is 654 Å². The summed E-state index contributed by atoms with van der Waals surface area (Å²) in [6.07, 6.45) is -7.73. The van der Waals surface area contributed by atoms with Gasteiger partial charge in [-0.15, -0.1) is 0 Å². The van der Waals surface area contributed by atoms with E-state index in [0.29, 0.717) is 41.8 Å². The number of phosphoric acid groups is 1. The van der Waals surface area contributed by atoms with Gasteiger partial charge in [-0.05, 0) is 93.6 Å². The molecule has 0 spiro atoms. The van der Waals surface area contributed by atoms with Crippen LogP contribution in [0.4, 0.5) is 10.5 Å². The molecule has 0 saturated carbocycles. The highest BCUT2D eigenvalue weighted by atomic mass is 31.2. The number of nitrogens with zero attached hydrogens (tertiary/aromatic N) is 4. The third kappa shape index (κ3) is 38.6. The number of ether oxygens (including phenoxy) is 7. The fourth-order valence-electron chi connectivity index (χ4n) is 15.9. The molecule has 776 valence electrons. The highest BCUT2D eigenvalue weighted by Gasteiger charge is 2.48. The summed E-state index contributed by atoms with van der Waals surface area (Å²) in [5.74, 6) is -13.1. The van der Waals surface area contributed by atoms with Gasteiger partial charge in [0.25, 0.3) is 11.8 Å². The molecule has 49 heteroatoms. The number of aliphatic hydroxyl groups excluding tert-OH is 3. The quantitative estimate of drug-likeness (QED) is 0.0160. The summed E-state index contributed by atoms with van der Waals surface area (Å²) < 4.78 is 75.8. The van der Waals surface area contributed by atoms with Crippen molar-refractivity contribution in [2.75, 3.05) is 132 Å². The number of likely N-dealkylation sites (tertiary alicyclic amines) is 1. The van der Waals surface area contributed by atoms with Gasteiger partial charge in [0.1, 0.15) is 48.5 Å². The van der Waals surface area contributed by atoms with Crippen molar-refractivity contribution >= 4 is 110 Å². The van der Waals surface area contributed by atoms with Crippen LogP contribution >= 0.6 is 15.4 Å². The Hall–Kier alpha value is -9.91. The molecule has 0 radical (unpaired) electrons. The standard InChI is InChI=1S/C89H143N15O32P2/c1-16-54(8)76(102(13)87(120)73(52(4)5)100-86(119)75(53(6)7)101(11)12)64(128-14)47-71(111)103-36-21-25-62(103)79(129-15)55(9)81(114)94-56(10)80(58-22-18-17-19-23-58)136-138(126,127)134-50-57-26-28-59(29-27-57)95-82(115)60(24-20-34-92-89(90)122)97-85(118)72(51(2)3)99-83(116)61(46-68(108)98-74-78(113)77(112)65(49-105)135-88(74)121)96-67(107)32-37-130-39-41-132-43-44-133-42-40-131-38-35-91-84(117)63(104-69(109)30-31-70(104)110)48-93-66(106)33-45-137(123,124)125/h17-19,22-23,26-31,51-56,60-65,72-80,105,112-113H,16,20-21,24-25,32-50H2,1-15H3,(H,91,117)(H,93,106)(H,94,114)(H,95,115)(H,96,107)(H,97,118)(H,98,108)(H,99,116)(H,100,119)(H,126,127)(H3,90,92,122)(H2,123,124,125)/t54-,55+,56+,60-,61-,62-,63-,64+,65?,72-,73-,74?,75-,76-,77?,78?,79+,80+/m0/s1. The SMILES string of the molecule is CC[C@H](C)[C@@H]([C@@H](CC(=O)N1CCC[C@H]1[C@H](OC)[C@@H](C)C(=O)N[C@H](C)[C@@H](OP(=O)(O)OCc1ccc(NC(=O)[C@H](CCCNC(N)=O)NC(=O)[C@@H](NC(=O)[C@H](CC(=O)NC2C(=O)OC(CO)C(O)C2O)NC(=O)CCOCCOCCOCCOCCNC(=O)[C@H](CNC(=O)CCP(=O)(O)O)N2C(=O)C=CC2=O)C(C)C)cc1)c1ccccc1)OC)N(C)C(=O)[C@@H](NC(=O)[C@H](C(C)C)N(C)C)C(C)C. The fraction of sp³-hybridized carbons (Fsp3) is 0.674. The minimum absolute atomic E-state index is 0.0110. The van der Waals surface area contributed by atoms with Crippen molar-refractivity contribution in [2.24, 2.45) is 35.3 Å². The summed E-state index contributed by atoms with van der Waals surface area (Å²) in [4.78, 5) is 238. The van der Waals surface area contributed by atoms with E-state index >= 15 is 0 Å². The van der Waals surface area contributed by atoms with Crippen molar-refractivity contribution in [1.29, 1.82) is 0 Å². The lowest BCUT2D eigenvalue weighted by Gasteiger charge is -2.41. The van der Waals surface area contributed by atoms with Crippen LogP contribution in [0.3, 0.4) is 0 Å².